The first-order valence-corrected chi connectivity index (χ1v) is 13.3. The molecular weight excluding hydrogens is 531 g/mol. The number of carbonyl (C=O) groups excluding carboxylic acids is 2. The summed E-state index contributed by atoms with van der Waals surface area (Å²) in [6.07, 6.45) is 1.10. The first kappa shape index (κ1) is 28.8. The summed E-state index contributed by atoms with van der Waals surface area (Å²) in [4.78, 5) is 28.7. The molecular formula is C29H31Cl3N2O3. The number of nitrogens with one attached hydrogen (secondary N) is 1. The predicted octanol–water partition coefficient (Wildman–Crippen LogP) is 6.89. The summed E-state index contributed by atoms with van der Waals surface area (Å²) < 4.78 is 5.82. The molecule has 0 fully saturated rings. The van der Waals surface area contributed by atoms with Gasteiger partial charge in [0.2, 0.25) is 5.91 Å². The van der Waals surface area contributed by atoms with E-state index < -0.39 is 6.04 Å². The second kappa shape index (κ2) is 13.7. The molecule has 1 N–H and O–H groups in total. The highest BCUT2D eigenvalue weighted by atomic mass is 35.5. The number of aryl methyl sites for hydroxylation is 1. The van der Waals surface area contributed by atoms with Gasteiger partial charge in [0.05, 0.1) is 0 Å². The van der Waals surface area contributed by atoms with Gasteiger partial charge < -0.3 is 15.0 Å². The number of carbonyl (C=O) groups is 2. The van der Waals surface area contributed by atoms with Crippen LogP contribution in [0.4, 0.5) is 0 Å². The molecule has 3 aromatic rings. The second-order valence-electron chi connectivity index (χ2n) is 8.98. The minimum atomic E-state index is -0.786. The van der Waals surface area contributed by atoms with E-state index in [0.717, 1.165) is 17.5 Å². The van der Waals surface area contributed by atoms with Gasteiger partial charge in [-0.15, -0.1) is 0 Å². The third-order valence-corrected chi connectivity index (χ3v) is 7.13. The van der Waals surface area contributed by atoms with Crippen LogP contribution in [-0.4, -0.2) is 35.4 Å². The molecule has 0 heterocycles. The SMILES string of the molecule is CC[C@H](C)NC(=O)[C@H](Cc1ccccc1)N(Cc1ccc(Cl)cc1Cl)C(=O)COc1ccc(Cl)c(C)c1. The van der Waals surface area contributed by atoms with Crippen molar-refractivity contribution in [3.63, 3.8) is 0 Å². The Bertz CT molecular complexity index is 1220. The number of hydrogen-bond donors (Lipinski definition) is 1. The summed E-state index contributed by atoms with van der Waals surface area (Å²) in [5.74, 6) is -0.0683. The molecule has 5 nitrogen and oxygen atoms in total. The summed E-state index contributed by atoms with van der Waals surface area (Å²) in [5, 5.41) is 4.56. The zero-order chi connectivity index (χ0) is 26.9. The average Bonchev–Trinajstić information content (AvgIpc) is 2.88. The molecule has 0 unspecified atom stereocenters. The maximum atomic E-state index is 13.7. The molecule has 37 heavy (non-hydrogen) atoms. The summed E-state index contributed by atoms with van der Waals surface area (Å²) in [5.41, 5.74) is 2.45. The number of rotatable bonds is 11. The van der Waals surface area contributed by atoms with Crippen LogP contribution in [0.5, 0.6) is 5.75 Å². The third-order valence-electron chi connectivity index (χ3n) is 6.12. The normalized spacial score (nSPS) is 12.5. The molecule has 8 heteroatoms. The predicted molar refractivity (Wildman–Crippen MR) is 151 cm³/mol. The van der Waals surface area contributed by atoms with Gasteiger partial charge in [-0.2, -0.15) is 0 Å². The molecule has 3 aromatic carbocycles. The van der Waals surface area contributed by atoms with Crippen LogP contribution in [0.2, 0.25) is 15.1 Å². The minimum absolute atomic E-state index is 0.0462. The molecule has 0 aliphatic carbocycles. The van der Waals surface area contributed by atoms with Gasteiger partial charge in [-0.05, 0) is 67.3 Å². The molecule has 0 bridgehead atoms. The number of halogens is 3. The van der Waals surface area contributed by atoms with Crippen LogP contribution in [0, 0.1) is 6.92 Å². The second-order valence-corrected chi connectivity index (χ2v) is 10.2. The Morgan fingerprint density at radius 3 is 2.35 bits per heavy atom. The van der Waals surface area contributed by atoms with Gasteiger partial charge in [0, 0.05) is 34.1 Å². The molecule has 0 aliphatic heterocycles. The third kappa shape index (κ3) is 8.39. The van der Waals surface area contributed by atoms with E-state index in [9.17, 15) is 9.59 Å². The first-order valence-electron chi connectivity index (χ1n) is 12.1. The number of amides is 2. The van der Waals surface area contributed by atoms with Gasteiger partial charge in [-0.1, -0.05) is 78.1 Å². The highest BCUT2D eigenvalue weighted by molar-refractivity contribution is 6.35. The number of nitrogens with zero attached hydrogens (tertiary/aromatic N) is 1. The van der Waals surface area contributed by atoms with E-state index in [1.165, 1.54) is 4.90 Å². The van der Waals surface area contributed by atoms with Crippen molar-refractivity contribution in [2.45, 2.75) is 52.2 Å². The highest BCUT2D eigenvalue weighted by Gasteiger charge is 2.31. The molecule has 3 rings (SSSR count). The maximum Gasteiger partial charge on any atom is 0.261 e. The largest absolute Gasteiger partial charge is 0.484 e. The van der Waals surface area contributed by atoms with Crippen molar-refractivity contribution in [3.05, 3.63) is 98.5 Å². The summed E-state index contributed by atoms with van der Waals surface area (Å²) in [6.45, 7) is 5.65. The van der Waals surface area contributed by atoms with Gasteiger partial charge in [0.15, 0.2) is 6.61 Å². The molecule has 0 spiro atoms. The van der Waals surface area contributed by atoms with Gasteiger partial charge >= 0.3 is 0 Å². The fourth-order valence-corrected chi connectivity index (χ4v) is 4.35. The van der Waals surface area contributed by atoms with Crippen LogP contribution >= 0.6 is 34.8 Å². The van der Waals surface area contributed by atoms with Crippen molar-refractivity contribution in [1.82, 2.24) is 10.2 Å². The lowest BCUT2D eigenvalue weighted by atomic mass is 10.0. The van der Waals surface area contributed by atoms with Crippen molar-refractivity contribution in [2.75, 3.05) is 6.61 Å². The van der Waals surface area contributed by atoms with E-state index in [-0.39, 0.29) is 31.0 Å². The zero-order valence-electron chi connectivity index (χ0n) is 21.1. The van der Waals surface area contributed by atoms with Gasteiger partial charge in [-0.25, -0.2) is 0 Å². The highest BCUT2D eigenvalue weighted by Crippen LogP contribution is 2.25. The van der Waals surface area contributed by atoms with E-state index in [0.29, 0.717) is 32.8 Å². The van der Waals surface area contributed by atoms with Crippen LogP contribution < -0.4 is 10.1 Å². The average molecular weight is 562 g/mol. The van der Waals surface area contributed by atoms with Crippen LogP contribution in [-0.2, 0) is 22.6 Å². The number of ether oxygens (including phenoxy) is 1. The smallest absolute Gasteiger partial charge is 0.261 e. The number of hydrogen-bond acceptors (Lipinski definition) is 3. The maximum absolute atomic E-state index is 13.7. The summed E-state index contributed by atoms with van der Waals surface area (Å²) in [6, 6.07) is 19.1. The Hall–Kier alpha value is -2.73. The molecule has 196 valence electrons. The Morgan fingerprint density at radius 2 is 1.70 bits per heavy atom. The molecule has 2 amide bonds. The van der Waals surface area contributed by atoms with E-state index >= 15 is 0 Å². The number of benzene rings is 3. The Morgan fingerprint density at radius 1 is 0.973 bits per heavy atom. The standard InChI is InChI=1S/C29H31Cl3N2O3/c1-4-20(3)33-29(36)27(15-21-8-6-5-7-9-21)34(17-22-10-11-23(30)16-26(22)32)28(35)18-37-24-12-13-25(31)19(2)14-24/h5-14,16,20,27H,4,15,17-18H2,1-3H3,(H,33,36)/t20-,27-/m0/s1. The molecule has 0 aliphatic rings. The summed E-state index contributed by atoms with van der Waals surface area (Å²) >= 11 is 18.7. The quantitative estimate of drug-likeness (QED) is 0.277. The molecule has 0 saturated carbocycles. The Labute approximate surface area is 233 Å². The lowest BCUT2D eigenvalue weighted by Crippen LogP contribution is -2.53. The van der Waals surface area contributed by atoms with Crippen molar-refractivity contribution >= 4 is 46.6 Å². The lowest BCUT2D eigenvalue weighted by molar-refractivity contribution is -0.143. The fourth-order valence-electron chi connectivity index (χ4n) is 3.76. The molecule has 0 radical (unpaired) electrons. The van der Waals surface area contributed by atoms with Crippen LogP contribution in [0.3, 0.4) is 0 Å². The molecule has 2 atom stereocenters. The first-order chi connectivity index (χ1) is 17.7. The van der Waals surface area contributed by atoms with Gasteiger partial charge in [0.1, 0.15) is 11.8 Å². The van der Waals surface area contributed by atoms with E-state index in [4.69, 9.17) is 39.5 Å². The lowest BCUT2D eigenvalue weighted by Gasteiger charge is -2.32. The Kier molecular flexibility index (Phi) is 10.7. The Balaban J connectivity index is 1.94. The summed E-state index contributed by atoms with van der Waals surface area (Å²) in [7, 11) is 0. The van der Waals surface area contributed by atoms with Gasteiger partial charge in [0.25, 0.3) is 5.91 Å². The van der Waals surface area contributed by atoms with E-state index in [1.54, 1.807) is 36.4 Å². The van der Waals surface area contributed by atoms with Crippen LogP contribution in [0.15, 0.2) is 66.7 Å². The van der Waals surface area contributed by atoms with E-state index in [1.807, 2.05) is 51.1 Å². The van der Waals surface area contributed by atoms with Crippen LogP contribution in [0.1, 0.15) is 37.0 Å². The monoisotopic (exact) mass is 560 g/mol. The topological polar surface area (TPSA) is 58.6 Å². The van der Waals surface area contributed by atoms with E-state index in [2.05, 4.69) is 5.32 Å². The van der Waals surface area contributed by atoms with Crippen molar-refractivity contribution in [3.8, 4) is 5.75 Å². The zero-order valence-corrected chi connectivity index (χ0v) is 23.4. The van der Waals surface area contributed by atoms with Crippen molar-refractivity contribution in [1.29, 1.82) is 0 Å². The van der Waals surface area contributed by atoms with Gasteiger partial charge in [-0.3, -0.25) is 9.59 Å². The molecule has 0 aromatic heterocycles. The fraction of sp³-hybridized carbons (Fsp3) is 0.310. The minimum Gasteiger partial charge on any atom is -0.484 e. The van der Waals surface area contributed by atoms with Crippen molar-refractivity contribution < 1.29 is 14.3 Å². The molecule has 0 saturated heterocycles. The van der Waals surface area contributed by atoms with Crippen LogP contribution in [0.25, 0.3) is 0 Å². The van der Waals surface area contributed by atoms with Crippen molar-refractivity contribution in [2.24, 2.45) is 0 Å².